The molecule has 2 nitrogen and oxygen atoms in total. The molecule has 0 bridgehead atoms. The number of hydrogen-bond acceptors (Lipinski definition) is 2. The van der Waals surface area contributed by atoms with Crippen molar-refractivity contribution in [3.63, 3.8) is 0 Å². The van der Waals surface area contributed by atoms with E-state index in [1.165, 1.54) is 12.8 Å². The molecule has 3 N–H and O–H groups in total. The van der Waals surface area contributed by atoms with Gasteiger partial charge in [0.15, 0.2) is 0 Å². The Morgan fingerprint density at radius 1 is 1.50 bits per heavy atom. The minimum atomic E-state index is 0.433. The van der Waals surface area contributed by atoms with Crippen LogP contribution in [0, 0.1) is 5.92 Å². The van der Waals surface area contributed by atoms with E-state index in [-0.39, 0.29) is 0 Å². The van der Waals surface area contributed by atoms with Gasteiger partial charge in [-0.2, -0.15) is 0 Å². The maximum atomic E-state index is 5.74. The van der Waals surface area contributed by atoms with Crippen LogP contribution in [0.1, 0.15) is 25.3 Å². The Morgan fingerprint density at radius 2 is 2.19 bits per heavy atom. The molecule has 1 aromatic rings. The van der Waals surface area contributed by atoms with Crippen molar-refractivity contribution in [3.8, 4) is 0 Å². The molecule has 0 heterocycles. The maximum absolute atomic E-state index is 5.74. The maximum Gasteiger partial charge on any atom is 0.107 e. The van der Waals surface area contributed by atoms with E-state index in [0.717, 1.165) is 21.6 Å². The minimum Gasteiger partial charge on any atom is -0.389 e. The zero-order chi connectivity index (χ0) is 11.7. The highest BCUT2D eigenvalue weighted by molar-refractivity contribution is 9.10. The van der Waals surface area contributed by atoms with Crippen molar-refractivity contribution in [1.82, 2.24) is 0 Å². The highest BCUT2D eigenvalue weighted by atomic mass is 79.9. The second kappa shape index (κ2) is 4.72. The monoisotopic (exact) mass is 298 g/mol. The first kappa shape index (κ1) is 11.9. The summed E-state index contributed by atoms with van der Waals surface area (Å²) in [5, 5.41) is 3.50. The van der Waals surface area contributed by atoms with Crippen molar-refractivity contribution < 1.29 is 0 Å². The van der Waals surface area contributed by atoms with Crippen LogP contribution in [-0.2, 0) is 0 Å². The molecule has 0 aromatic heterocycles. The van der Waals surface area contributed by atoms with Crippen molar-refractivity contribution in [1.29, 1.82) is 0 Å². The Hall–Kier alpha value is -0.610. The van der Waals surface area contributed by atoms with E-state index in [2.05, 4.69) is 28.2 Å². The van der Waals surface area contributed by atoms with Gasteiger partial charge < -0.3 is 11.1 Å². The molecule has 0 spiro atoms. The van der Waals surface area contributed by atoms with Crippen molar-refractivity contribution >= 4 is 38.8 Å². The van der Waals surface area contributed by atoms with Crippen molar-refractivity contribution in [3.05, 3.63) is 28.2 Å². The summed E-state index contributed by atoms with van der Waals surface area (Å²) in [5.41, 5.74) is 7.69. The van der Waals surface area contributed by atoms with Crippen LogP contribution in [0.5, 0.6) is 0 Å². The molecule has 4 heteroatoms. The van der Waals surface area contributed by atoms with Gasteiger partial charge in [0.25, 0.3) is 0 Å². The fraction of sp³-hybridized carbons (Fsp3) is 0.417. The van der Waals surface area contributed by atoms with Crippen LogP contribution in [0.3, 0.4) is 0 Å². The summed E-state index contributed by atoms with van der Waals surface area (Å²) < 4.78 is 0.956. The highest BCUT2D eigenvalue weighted by Crippen LogP contribution is 2.32. The van der Waals surface area contributed by atoms with E-state index in [0.29, 0.717) is 11.0 Å². The normalized spacial score (nSPS) is 23.6. The van der Waals surface area contributed by atoms with Crippen molar-refractivity contribution in [2.24, 2.45) is 11.7 Å². The van der Waals surface area contributed by atoms with Gasteiger partial charge in [-0.1, -0.05) is 25.2 Å². The smallest absolute Gasteiger partial charge is 0.107 e. The van der Waals surface area contributed by atoms with Gasteiger partial charge in [0, 0.05) is 21.8 Å². The molecule has 1 aliphatic rings. The number of benzene rings is 1. The van der Waals surface area contributed by atoms with Crippen LogP contribution >= 0.6 is 28.1 Å². The highest BCUT2D eigenvalue weighted by Gasteiger charge is 2.25. The molecule has 16 heavy (non-hydrogen) atoms. The van der Waals surface area contributed by atoms with Crippen LogP contribution in [0.25, 0.3) is 0 Å². The first-order valence-corrected chi connectivity index (χ1v) is 6.63. The topological polar surface area (TPSA) is 38.0 Å². The summed E-state index contributed by atoms with van der Waals surface area (Å²) >= 11 is 8.56. The number of anilines is 1. The third-order valence-corrected chi connectivity index (χ3v) is 3.86. The Labute approximate surface area is 110 Å². The predicted octanol–water partition coefficient (Wildman–Crippen LogP) is 3.29. The summed E-state index contributed by atoms with van der Waals surface area (Å²) in [6, 6.07) is 6.55. The summed E-state index contributed by atoms with van der Waals surface area (Å²) in [7, 11) is 0. The molecule has 0 atom stereocenters. The van der Waals surface area contributed by atoms with Crippen LogP contribution in [-0.4, -0.2) is 11.0 Å². The fourth-order valence-corrected chi connectivity index (χ4v) is 3.07. The molecule has 0 radical (unpaired) electrons. The molecule has 1 aromatic carbocycles. The third-order valence-electron chi connectivity index (χ3n) is 2.99. The Balaban J connectivity index is 2.19. The predicted molar refractivity (Wildman–Crippen MR) is 75.8 cm³/mol. The number of hydrogen-bond donors (Lipinski definition) is 2. The van der Waals surface area contributed by atoms with Gasteiger partial charge >= 0.3 is 0 Å². The average Bonchev–Trinajstić information content (AvgIpc) is 2.14. The number of rotatable bonds is 3. The second-order valence-electron chi connectivity index (χ2n) is 4.44. The number of thiocarbonyl (C=S) groups is 1. The molecular weight excluding hydrogens is 284 g/mol. The van der Waals surface area contributed by atoms with Gasteiger partial charge in [-0.25, -0.2) is 0 Å². The van der Waals surface area contributed by atoms with E-state index in [4.69, 9.17) is 18.0 Å². The zero-order valence-electron chi connectivity index (χ0n) is 9.16. The number of nitrogens with two attached hydrogens (primary N) is 1. The lowest BCUT2D eigenvalue weighted by Crippen LogP contribution is -2.34. The lowest BCUT2D eigenvalue weighted by atomic mass is 9.81. The molecule has 86 valence electrons. The second-order valence-corrected chi connectivity index (χ2v) is 5.74. The molecule has 1 saturated carbocycles. The Bertz CT molecular complexity index is 413. The van der Waals surface area contributed by atoms with Crippen molar-refractivity contribution in [2.45, 2.75) is 25.8 Å². The Morgan fingerprint density at radius 3 is 2.75 bits per heavy atom. The van der Waals surface area contributed by atoms with Crippen LogP contribution in [0.4, 0.5) is 5.69 Å². The number of halogens is 1. The Kier molecular flexibility index (Phi) is 3.50. The van der Waals surface area contributed by atoms with E-state index in [1.807, 2.05) is 18.2 Å². The third kappa shape index (κ3) is 2.38. The summed E-state index contributed by atoms with van der Waals surface area (Å²) in [4.78, 5) is 0.433. The zero-order valence-corrected chi connectivity index (χ0v) is 11.6. The SMILES string of the molecule is CC1CC(Nc2cccc(Br)c2C(N)=S)C1. The van der Waals surface area contributed by atoms with Gasteiger partial charge in [0.2, 0.25) is 0 Å². The largest absolute Gasteiger partial charge is 0.389 e. The molecule has 0 saturated heterocycles. The van der Waals surface area contributed by atoms with E-state index < -0.39 is 0 Å². The van der Waals surface area contributed by atoms with Gasteiger partial charge in [0.05, 0.1) is 0 Å². The standard InChI is InChI=1S/C12H15BrN2S/c1-7-5-8(6-7)15-10-4-2-3-9(13)11(10)12(14)16/h2-4,7-8,15H,5-6H2,1H3,(H2,14,16). The average molecular weight is 299 g/mol. The van der Waals surface area contributed by atoms with Gasteiger partial charge in [-0.3, -0.25) is 0 Å². The van der Waals surface area contributed by atoms with E-state index >= 15 is 0 Å². The fourth-order valence-electron chi connectivity index (χ4n) is 2.13. The van der Waals surface area contributed by atoms with E-state index in [1.54, 1.807) is 0 Å². The van der Waals surface area contributed by atoms with Gasteiger partial charge in [-0.15, -0.1) is 0 Å². The first-order chi connectivity index (χ1) is 7.58. The molecule has 0 unspecified atom stereocenters. The van der Waals surface area contributed by atoms with Crippen LogP contribution in [0.2, 0.25) is 0 Å². The summed E-state index contributed by atoms with van der Waals surface area (Å²) in [5.74, 6) is 0.831. The molecule has 0 aliphatic heterocycles. The molecular formula is C12H15BrN2S. The van der Waals surface area contributed by atoms with Gasteiger partial charge in [0.1, 0.15) is 4.99 Å². The molecule has 1 fully saturated rings. The minimum absolute atomic E-state index is 0.433. The first-order valence-electron chi connectivity index (χ1n) is 5.42. The molecule has 2 rings (SSSR count). The summed E-state index contributed by atoms with van der Waals surface area (Å²) in [6.07, 6.45) is 2.45. The number of nitrogens with one attached hydrogen (secondary N) is 1. The molecule has 1 aliphatic carbocycles. The lowest BCUT2D eigenvalue weighted by Gasteiger charge is -2.34. The quantitative estimate of drug-likeness (QED) is 0.841. The van der Waals surface area contributed by atoms with Gasteiger partial charge in [-0.05, 0) is 46.8 Å². The van der Waals surface area contributed by atoms with Crippen molar-refractivity contribution in [2.75, 3.05) is 5.32 Å². The van der Waals surface area contributed by atoms with Crippen LogP contribution < -0.4 is 11.1 Å². The van der Waals surface area contributed by atoms with Crippen LogP contribution in [0.15, 0.2) is 22.7 Å². The molecule has 0 amide bonds. The lowest BCUT2D eigenvalue weighted by molar-refractivity contribution is 0.309. The van der Waals surface area contributed by atoms with E-state index in [9.17, 15) is 0 Å². The summed E-state index contributed by atoms with van der Waals surface area (Å²) in [6.45, 7) is 2.27.